The number of nitrogens with zero attached hydrogens (tertiary/aromatic N) is 4. The van der Waals surface area contributed by atoms with Gasteiger partial charge in [-0.2, -0.15) is 0 Å². The number of hydrogen-bond acceptors (Lipinski definition) is 5. The maximum absolute atomic E-state index is 5.49. The number of hydrogen-bond donors (Lipinski definition) is 2. The summed E-state index contributed by atoms with van der Waals surface area (Å²) in [4.78, 5) is 14.3. The maximum Gasteiger partial charge on any atom is 0.191 e. The summed E-state index contributed by atoms with van der Waals surface area (Å²) in [5, 5.41) is 7.05. The van der Waals surface area contributed by atoms with E-state index < -0.39 is 0 Å². The standard InChI is InChI=1S/C24H34N6O.HI/c1-3-25-24(28-21-10-12-30(18-21)22-8-6-19(2)7-9-22)27-17-20-5-4-11-26-23(20)29-13-15-31-16-14-29;/h4-9,11,21H,3,10,12-18H2,1-2H3,(H2,25,27,28);1H. The van der Waals surface area contributed by atoms with Crippen LogP contribution in [0, 0.1) is 6.92 Å². The summed E-state index contributed by atoms with van der Waals surface area (Å²) in [6.07, 6.45) is 2.96. The zero-order valence-corrected chi connectivity index (χ0v) is 21.4. The van der Waals surface area contributed by atoms with Gasteiger partial charge in [0.05, 0.1) is 19.8 Å². The van der Waals surface area contributed by atoms with Gasteiger partial charge in [-0.1, -0.05) is 23.8 Å². The Bertz CT molecular complexity index is 869. The van der Waals surface area contributed by atoms with Gasteiger partial charge in [0, 0.05) is 56.2 Å². The van der Waals surface area contributed by atoms with Crippen molar-refractivity contribution in [1.82, 2.24) is 15.6 Å². The molecule has 2 aromatic rings. The van der Waals surface area contributed by atoms with Gasteiger partial charge in [0.2, 0.25) is 0 Å². The van der Waals surface area contributed by atoms with E-state index in [1.54, 1.807) is 0 Å². The fourth-order valence-electron chi connectivity index (χ4n) is 4.16. The van der Waals surface area contributed by atoms with E-state index in [2.05, 4.69) is 69.6 Å². The zero-order chi connectivity index (χ0) is 21.5. The Labute approximate surface area is 208 Å². The normalized spacial score (nSPS) is 18.9. The van der Waals surface area contributed by atoms with Crippen LogP contribution in [0.2, 0.25) is 0 Å². The number of benzene rings is 1. The number of morpholine rings is 1. The number of pyridine rings is 1. The molecule has 8 heteroatoms. The highest BCUT2D eigenvalue weighted by molar-refractivity contribution is 14.0. The molecule has 174 valence electrons. The predicted octanol–water partition coefficient (Wildman–Crippen LogP) is 3.18. The van der Waals surface area contributed by atoms with Crippen molar-refractivity contribution < 1.29 is 4.74 Å². The maximum atomic E-state index is 5.49. The number of aromatic nitrogens is 1. The van der Waals surface area contributed by atoms with E-state index in [0.717, 1.165) is 69.7 Å². The van der Waals surface area contributed by atoms with Crippen LogP contribution in [-0.4, -0.2) is 62.9 Å². The molecule has 1 aromatic heterocycles. The smallest absolute Gasteiger partial charge is 0.191 e. The molecule has 0 aliphatic carbocycles. The first-order valence-corrected chi connectivity index (χ1v) is 11.4. The molecule has 3 heterocycles. The molecule has 0 amide bonds. The van der Waals surface area contributed by atoms with Crippen LogP contribution >= 0.6 is 24.0 Å². The van der Waals surface area contributed by atoms with Crippen LogP contribution in [0.15, 0.2) is 47.6 Å². The molecule has 1 unspecified atom stereocenters. The molecule has 4 rings (SSSR count). The van der Waals surface area contributed by atoms with Crippen LogP contribution in [0.4, 0.5) is 11.5 Å². The molecule has 0 bridgehead atoms. The Morgan fingerprint density at radius 2 is 1.91 bits per heavy atom. The largest absolute Gasteiger partial charge is 0.378 e. The van der Waals surface area contributed by atoms with Crippen LogP contribution in [0.3, 0.4) is 0 Å². The van der Waals surface area contributed by atoms with Gasteiger partial charge in [-0.3, -0.25) is 0 Å². The lowest BCUT2D eigenvalue weighted by Gasteiger charge is -2.29. The first kappa shape index (κ1) is 24.6. The van der Waals surface area contributed by atoms with Crippen molar-refractivity contribution in [2.75, 3.05) is 55.7 Å². The lowest BCUT2D eigenvalue weighted by molar-refractivity contribution is 0.122. The van der Waals surface area contributed by atoms with Crippen molar-refractivity contribution >= 4 is 41.4 Å². The monoisotopic (exact) mass is 550 g/mol. The van der Waals surface area contributed by atoms with E-state index in [-0.39, 0.29) is 24.0 Å². The van der Waals surface area contributed by atoms with Gasteiger partial charge < -0.3 is 25.2 Å². The predicted molar refractivity (Wildman–Crippen MR) is 142 cm³/mol. The van der Waals surface area contributed by atoms with Gasteiger partial charge in [-0.25, -0.2) is 9.98 Å². The van der Waals surface area contributed by atoms with Crippen LogP contribution in [0.1, 0.15) is 24.5 Å². The molecule has 2 fully saturated rings. The topological polar surface area (TPSA) is 65.0 Å². The Hall–Kier alpha value is -2.07. The molecular formula is C24H35IN6O. The Morgan fingerprint density at radius 1 is 1.12 bits per heavy atom. The minimum absolute atomic E-state index is 0. The van der Waals surface area contributed by atoms with Gasteiger partial charge in [-0.05, 0) is 38.5 Å². The first-order chi connectivity index (χ1) is 15.2. The molecule has 1 atom stereocenters. The summed E-state index contributed by atoms with van der Waals surface area (Å²) in [7, 11) is 0. The first-order valence-electron chi connectivity index (χ1n) is 11.4. The number of aryl methyl sites for hydroxylation is 1. The van der Waals surface area contributed by atoms with Crippen molar-refractivity contribution in [1.29, 1.82) is 0 Å². The Balaban J connectivity index is 0.00000289. The molecule has 2 saturated heterocycles. The third-order valence-electron chi connectivity index (χ3n) is 5.86. The summed E-state index contributed by atoms with van der Waals surface area (Å²) in [5.74, 6) is 1.90. The fraction of sp³-hybridized carbons (Fsp3) is 0.500. The van der Waals surface area contributed by atoms with E-state index in [9.17, 15) is 0 Å². The minimum atomic E-state index is 0. The van der Waals surface area contributed by atoms with Gasteiger partial charge >= 0.3 is 0 Å². The molecule has 2 aliphatic rings. The second kappa shape index (κ2) is 12.2. The number of aliphatic imine (C=N–C) groups is 1. The van der Waals surface area contributed by atoms with Crippen LogP contribution in [0.25, 0.3) is 0 Å². The molecule has 0 spiro atoms. The SMILES string of the molecule is CCNC(=NCc1cccnc1N1CCOCC1)NC1CCN(c2ccc(C)cc2)C1.I. The van der Waals surface area contributed by atoms with E-state index in [4.69, 9.17) is 9.73 Å². The highest BCUT2D eigenvalue weighted by atomic mass is 127. The molecule has 1 aromatic carbocycles. The third-order valence-corrected chi connectivity index (χ3v) is 5.86. The molecule has 2 aliphatic heterocycles. The summed E-state index contributed by atoms with van der Waals surface area (Å²) < 4.78 is 5.49. The van der Waals surface area contributed by atoms with Crippen molar-refractivity contribution in [2.24, 2.45) is 4.99 Å². The summed E-state index contributed by atoms with van der Waals surface area (Å²) in [5.41, 5.74) is 3.74. The number of nitrogens with one attached hydrogen (secondary N) is 2. The van der Waals surface area contributed by atoms with Crippen LogP contribution in [0.5, 0.6) is 0 Å². The molecule has 0 radical (unpaired) electrons. The highest BCUT2D eigenvalue weighted by Gasteiger charge is 2.23. The number of guanidine groups is 1. The number of anilines is 2. The van der Waals surface area contributed by atoms with Gasteiger partial charge in [0.1, 0.15) is 5.82 Å². The Morgan fingerprint density at radius 3 is 2.66 bits per heavy atom. The number of halogens is 1. The fourth-order valence-corrected chi connectivity index (χ4v) is 4.16. The van der Waals surface area contributed by atoms with Crippen molar-refractivity contribution in [2.45, 2.75) is 32.9 Å². The second-order valence-corrected chi connectivity index (χ2v) is 8.19. The Kier molecular flexibility index (Phi) is 9.40. The van der Waals surface area contributed by atoms with E-state index in [1.807, 2.05) is 12.3 Å². The quantitative estimate of drug-likeness (QED) is 0.328. The summed E-state index contributed by atoms with van der Waals surface area (Å²) in [6.45, 7) is 11.0. The summed E-state index contributed by atoms with van der Waals surface area (Å²) >= 11 is 0. The highest BCUT2D eigenvalue weighted by Crippen LogP contribution is 2.21. The summed E-state index contributed by atoms with van der Waals surface area (Å²) in [6, 6.07) is 13.3. The molecule has 0 saturated carbocycles. The van der Waals surface area contributed by atoms with Crippen molar-refractivity contribution in [3.8, 4) is 0 Å². The number of ether oxygens (including phenoxy) is 1. The van der Waals surface area contributed by atoms with Gasteiger partial charge in [-0.15, -0.1) is 24.0 Å². The molecule has 7 nitrogen and oxygen atoms in total. The van der Waals surface area contributed by atoms with Crippen molar-refractivity contribution in [3.63, 3.8) is 0 Å². The van der Waals surface area contributed by atoms with Crippen molar-refractivity contribution in [3.05, 3.63) is 53.7 Å². The zero-order valence-electron chi connectivity index (χ0n) is 19.1. The average molecular weight is 550 g/mol. The molecular weight excluding hydrogens is 515 g/mol. The van der Waals surface area contributed by atoms with Crippen LogP contribution < -0.4 is 20.4 Å². The lowest BCUT2D eigenvalue weighted by Crippen LogP contribution is -2.44. The van der Waals surface area contributed by atoms with Crippen LogP contribution in [-0.2, 0) is 11.3 Å². The van der Waals surface area contributed by atoms with E-state index in [1.165, 1.54) is 11.3 Å². The second-order valence-electron chi connectivity index (χ2n) is 8.19. The molecule has 2 N–H and O–H groups in total. The molecule has 32 heavy (non-hydrogen) atoms. The lowest BCUT2D eigenvalue weighted by atomic mass is 10.2. The van der Waals surface area contributed by atoms with E-state index >= 15 is 0 Å². The van der Waals surface area contributed by atoms with E-state index in [0.29, 0.717) is 12.6 Å². The average Bonchev–Trinajstić information content (AvgIpc) is 3.27. The van der Waals surface area contributed by atoms with Gasteiger partial charge in [0.15, 0.2) is 5.96 Å². The third kappa shape index (κ3) is 6.48. The number of rotatable bonds is 6. The van der Waals surface area contributed by atoms with Gasteiger partial charge in [0.25, 0.3) is 0 Å². The minimum Gasteiger partial charge on any atom is -0.378 e.